The lowest BCUT2D eigenvalue weighted by atomic mass is 10.2. The first-order valence-electron chi connectivity index (χ1n) is 5.23. The van der Waals surface area contributed by atoms with Gasteiger partial charge in [0.05, 0.1) is 13.7 Å². The molecule has 0 aromatic carbocycles. The van der Waals surface area contributed by atoms with Crippen molar-refractivity contribution in [3.8, 4) is 0 Å². The number of ether oxygens (including phenoxy) is 2. The monoisotopic (exact) mass is 225 g/mol. The summed E-state index contributed by atoms with van der Waals surface area (Å²) >= 11 is 0. The molecule has 5 heteroatoms. The number of morpholine rings is 1. The molecule has 1 unspecified atom stereocenters. The number of carbonyl (C=O) groups is 1. The molecule has 16 heavy (non-hydrogen) atoms. The van der Waals surface area contributed by atoms with Crippen LogP contribution in [0, 0.1) is 6.92 Å². The molecule has 5 nitrogen and oxygen atoms in total. The average molecular weight is 225 g/mol. The normalized spacial score (nSPS) is 20.8. The summed E-state index contributed by atoms with van der Waals surface area (Å²) in [5.41, 5.74) is 0.465. The van der Waals surface area contributed by atoms with Gasteiger partial charge in [0.1, 0.15) is 23.2 Å². The second kappa shape index (κ2) is 4.67. The van der Waals surface area contributed by atoms with Crippen molar-refractivity contribution in [2.24, 2.45) is 0 Å². The van der Waals surface area contributed by atoms with Gasteiger partial charge in [0.2, 0.25) is 0 Å². The van der Waals surface area contributed by atoms with Gasteiger partial charge in [-0.05, 0) is 13.0 Å². The van der Waals surface area contributed by atoms with Crippen LogP contribution in [0.15, 0.2) is 10.5 Å². The lowest BCUT2D eigenvalue weighted by Gasteiger charge is -2.21. The summed E-state index contributed by atoms with van der Waals surface area (Å²) in [5.74, 6) is 0.859. The molecule has 0 radical (unpaired) electrons. The van der Waals surface area contributed by atoms with Crippen molar-refractivity contribution in [3.05, 3.63) is 23.2 Å². The molecular formula is C11H15NO4. The topological polar surface area (TPSA) is 60.7 Å². The molecule has 0 aliphatic carbocycles. The summed E-state index contributed by atoms with van der Waals surface area (Å²) < 4.78 is 15.7. The quantitative estimate of drug-likeness (QED) is 0.762. The van der Waals surface area contributed by atoms with Crippen molar-refractivity contribution in [1.82, 2.24) is 5.32 Å². The third-order valence-corrected chi connectivity index (χ3v) is 2.59. The molecule has 0 spiro atoms. The third-order valence-electron chi connectivity index (χ3n) is 2.59. The molecule has 2 heterocycles. The van der Waals surface area contributed by atoms with Gasteiger partial charge < -0.3 is 19.2 Å². The maximum absolute atomic E-state index is 11.4. The first kappa shape index (κ1) is 11.2. The molecule has 1 aliphatic rings. The van der Waals surface area contributed by atoms with Gasteiger partial charge in [-0.3, -0.25) is 0 Å². The molecule has 88 valence electrons. The Morgan fingerprint density at radius 2 is 2.44 bits per heavy atom. The van der Waals surface area contributed by atoms with E-state index in [9.17, 15) is 4.79 Å². The second-order valence-electron chi connectivity index (χ2n) is 3.67. The van der Waals surface area contributed by atoms with Gasteiger partial charge in [-0.2, -0.15) is 0 Å². The molecule has 0 bridgehead atoms. The van der Waals surface area contributed by atoms with E-state index < -0.39 is 0 Å². The van der Waals surface area contributed by atoms with E-state index in [1.165, 1.54) is 7.11 Å². The van der Waals surface area contributed by atoms with Crippen molar-refractivity contribution in [2.45, 2.75) is 13.0 Å². The Labute approximate surface area is 93.7 Å². The molecule has 1 aromatic rings. The van der Waals surface area contributed by atoms with Gasteiger partial charge >= 0.3 is 5.97 Å². The predicted molar refractivity (Wildman–Crippen MR) is 56.3 cm³/mol. The van der Waals surface area contributed by atoms with Gasteiger partial charge in [-0.15, -0.1) is 0 Å². The molecule has 1 atom stereocenters. The molecule has 1 fully saturated rings. The van der Waals surface area contributed by atoms with Crippen LogP contribution in [0.5, 0.6) is 0 Å². The number of hydrogen-bond donors (Lipinski definition) is 1. The van der Waals surface area contributed by atoms with Crippen molar-refractivity contribution in [3.63, 3.8) is 0 Å². The van der Waals surface area contributed by atoms with E-state index in [1.807, 2.05) is 0 Å². The van der Waals surface area contributed by atoms with Gasteiger partial charge in [0.15, 0.2) is 0 Å². The van der Waals surface area contributed by atoms with Gasteiger partial charge in [-0.1, -0.05) is 0 Å². The zero-order valence-electron chi connectivity index (χ0n) is 9.41. The van der Waals surface area contributed by atoms with E-state index in [1.54, 1.807) is 13.0 Å². The van der Waals surface area contributed by atoms with Crippen LogP contribution in [-0.2, 0) is 9.47 Å². The summed E-state index contributed by atoms with van der Waals surface area (Å²) in [6.07, 6.45) is -0.120. The zero-order valence-corrected chi connectivity index (χ0v) is 9.41. The highest BCUT2D eigenvalue weighted by Crippen LogP contribution is 2.24. The SMILES string of the molecule is COC(=O)c1cc(C2CNCCO2)oc1C. The fraction of sp³-hybridized carbons (Fsp3) is 0.545. The Morgan fingerprint density at radius 3 is 3.06 bits per heavy atom. The fourth-order valence-corrected chi connectivity index (χ4v) is 1.72. The van der Waals surface area contributed by atoms with Crippen LogP contribution < -0.4 is 5.32 Å². The molecule has 2 rings (SSSR count). The summed E-state index contributed by atoms with van der Waals surface area (Å²) in [6, 6.07) is 1.69. The Kier molecular flexibility index (Phi) is 3.26. The van der Waals surface area contributed by atoms with E-state index in [2.05, 4.69) is 10.1 Å². The van der Waals surface area contributed by atoms with Crippen LogP contribution in [0.2, 0.25) is 0 Å². The number of furan rings is 1. The number of hydrogen-bond acceptors (Lipinski definition) is 5. The van der Waals surface area contributed by atoms with E-state index in [0.717, 1.165) is 6.54 Å². The Bertz CT molecular complexity index is 379. The average Bonchev–Trinajstić information content (AvgIpc) is 2.71. The van der Waals surface area contributed by atoms with E-state index in [4.69, 9.17) is 9.15 Å². The number of methoxy groups -OCH3 is 1. The summed E-state index contributed by atoms with van der Waals surface area (Å²) in [7, 11) is 1.35. The second-order valence-corrected chi connectivity index (χ2v) is 3.67. The lowest BCUT2D eigenvalue weighted by molar-refractivity contribution is 0.0138. The Hall–Kier alpha value is -1.33. The van der Waals surface area contributed by atoms with E-state index in [-0.39, 0.29) is 12.1 Å². The predicted octanol–water partition coefficient (Wildman–Crippen LogP) is 1.04. The smallest absolute Gasteiger partial charge is 0.341 e. The van der Waals surface area contributed by atoms with Crippen molar-refractivity contribution in [2.75, 3.05) is 26.8 Å². The molecule has 1 aliphatic heterocycles. The highest BCUT2D eigenvalue weighted by atomic mass is 16.5. The molecule has 0 amide bonds. The summed E-state index contributed by atoms with van der Waals surface area (Å²) in [4.78, 5) is 11.4. The molecule has 1 N–H and O–H groups in total. The van der Waals surface area contributed by atoms with Gasteiger partial charge in [0, 0.05) is 13.1 Å². The van der Waals surface area contributed by atoms with Crippen molar-refractivity contribution < 1.29 is 18.7 Å². The van der Waals surface area contributed by atoms with Crippen LogP contribution >= 0.6 is 0 Å². The summed E-state index contributed by atoms with van der Waals surface area (Å²) in [6.45, 7) is 3.94. The minimum absolute atomic E-state index is 0.120. The number of carbonyl (C=O) groups excluding carboxylic acids is 1. The highest BCUT2D eigenvalue weighted by molar-refractivity contribution is 5.90. The maximum Gasteiger partial charge on any atom is 0.341 e. The molecule has 0 saturated carbocycles. The number of aryl methyl sites for hydroxylation is 1. The molecule has 1 saturated heterocycles. The fourth-order valence-electron chi connectivity index (χ4n) is 1.72. The van der Waals surface area contributed by atoms with E-state index in [0.29, 0.717) is 30.2 Å². The Balaban J connectivity index is 2.19. The van der Waals surface area contributed by atoms with Crippen molar-refractivity contribution in [1.29, 1.82) is 0 Å². The standard InChI is InChI=1S/C11H15NO4/c1-7-8(11(13)14-2)5-9(16-7)10-6-12-3-4-15-10/h5,10,12H,3-4,6H2,1-2H3. The number of nitrogens with one attached hydrogen (secondary N) is 1. The largest absolute Gasteiger partial charge is 0.465 e. The van der Waals surface area contributed by atoms with Crippen LogP contribution in [0.1, 0.15) is 28.0 Å². The Morgan fingerprint density at radius 1 is 1.62 bits per heavy atom. The molecular weight excluding hydrogens is 210 g/mol. The van der Waals surface area contributed by atoms with Crippen LogP contribution in [0.4, 0.5) is 0 Å². The minimum atomic E-state index is -0.378. The summed E-state index contributed by atoms with van der Waals surface area (Å²) in [5, 5.41) is 3.20. The van der Waals surface area contributed by atoms with Gasteiger partial charge in [0.25, 0.3) is 0 Å². The minimum Gasteiger partial charge on any atom is -0.465 e. The number of rotatable bonds is 2. The number of esters is 1. The lowest BCUT2D eigenvalue weighted by Crippen LogP contribution is -2.33. The first-order valence-corrected chi connectivity index (χ1v) is 5.23. The maximum atomic E-state index is 11.4. The molecule has 1 aromatic heterocycles. The van der Waals surface area contributed by atoms with Crippen molar-refractivity contribution >= 4 is 5.97 Å². The van der Waals surface area contributed by atoms with Gasteiger partial charge in [-0.25, -0.2) is 4.79 Å². The zero-order chi connectivity index (χ0) is 11.5. The van der Waals surface area contributed by atoms with Crippen LogP contribution in [0.25, 0.3) is 0 Å². The van der Waals surface area contributed by atoms with E-state index >= 15 is 0 Å². The first-order chi connectivity index (χ1) is 7.72. The highest BCUT2D eigenvalue weighted by Gasteiger charge is 2.23. The third kappa shape index (κ3) is 2.10. The van der Waals surface area contributed by atoms with Crippen LogP contribution in [0.3, 0.4) is 0 Å². The van der Waals surface area contributed by atoms with Crippen LogP contribution in [-0.4, -0.2) is 32.8 Å².